The van der Waals surface area contributed by atoms with Gasteiger partial charge in [0.2, 0.25) is 0 Å². The van der Waals surface area contributed by atoms with Crippen LogP contribution in [0.3, 0.4) is 0 Å². The molecule has 1 N–H and O–H groups in total. The lowest BCUT2D eigenvalue weighted by Crippen LogP contribution is -2.50. The average molecular weight is 271 g/mol. The zero-order valence-corrected chi connectivity index (χ0v) is 11.8. The van der Waals surface area contributed by atoms with Gasteiger partial charge >= 0.3 is 0 Å². The molecule has 1 unspecified atom stereocenters. The van der Waals surface area contributed by atoms with Crippen molar-refractivity contribution in [3.8, 4) is 0 Å². The number of aliphatic hydroxyl groups is 1. The lowest BCUT2D eigenvalue weighted by Gasteiger charge is -2.40. The summed E-state index contributed by atoms with van der Waals surface area (Å²) in [5.41, 5.74) is -1.07. The summed E-state index contributed by atoms with van der Waals surface area (Å²) in [6, 6.07) is 0. The van der Waals surface area contributed by atoms with Crippen molar-refractivity contribution in [2.24, 2.45) is 5.41 Å². The second-order valence-electron chi connectivity index (χ2n) is 6.15. The van der Waals surface area contributed by atoms with Crippen LogP contribution in [0.5, 0.6) is 0 Å². The molecule has 0 aromatic carbocycles. The lowest BCUT2D eigenvalue weighted by molar-refractivity contribution is -0.127. The first kappa shape index (κ1) is 14.9. The molecule has 0 amide bonds. The highest BCUT2D eigenvalue weighted by Crippen LogP contribution is 2.28. The molecule has 2 fully saturated rings. The number of carbonyl (C=O) groups excluding carboxylic acids is 1. The summed E-state index contributed by atoms with van der Waals surface area (Å²) in [6.07, 6.45) is 4.19. The smallest absolute Gasteiger partial charge is 0.129 e. The van der Waals surface area contributed by atoms with Gasteiger partial charge in [0.05, 0.1) is 17.6 Å². The Kier molecular flexibility index (Phi) is 4.95. The Bertz CT molecular complexity index is 296. The Balaban J connectivity index is 1.88. The molecule has 0 aliphatic carbocycles. The third-order valence-corrected chi connectivity index (χ3v) is 4.18. The van der Waals surface area contributed by atoms with E-state index in [4.69, 9.17) is 9.47 Å². The van der Waals surface area contributed by atoms with Crippen LogP contribution in [0.4, 0.5) is 0 Å². The summed E-state index contributed by atoms with van der Waals surface area (Å²) in [5.74, 6) is 0. The maximum absolute atomic E-state index is 11.4. The SMILES string of the molecule is CN(CC1(O)CCOCC1)CC1(C=O)CCCOC1. The second-order valence-corrected chi connectivity index (χ2v) is 6.15. The quantitative estimate of drug-likeness (QED) is 0.736. The highest BCUT2D eigenvalue weighted by atomic mass is 16.5. The minimum atomic E-state index is -0.674. The van der Waals surface area contributed by atoms with Gasteiger partial charge in [-0.3, -0.25) is 0 Å². The van der Waals surface area contributed by atoms with Crippen molar-refractivity contribution in [1.82, 2.24) is 4.90 Å². The molecule has 5 nitrogen and oxygen atoms in total. The van der Waals surface area contributed by atoms with Crippen LogP contribution in [-0.4, -0.2) is 68.5 Å². The molecule has 2 heterocycles. The van der Waals surface area contributed by atoms with Gasteiger partial charge in [-0.2, -0.15) is 0 Å². The standard InChI is InChI=1S/C14H25NO4/c1-15(10-14(17)4-7-18-8-5-14)9-13(11-16)3-2-6-19-12-13/h11,17H,2-10,12H2,1H3. The fourth-order valence-electron chi connectivity index (χ4n) is 3.13. The fraction of sp³-hybridized carbons (Fsp3) is 0.929. The molecule has 2 saturated heterocycles. The number of ether oxygens (including phenoxy) is 2. The molecule has 19 heavy (non-hydrogen) atoms. The molecular weight excluding hydrogens is 246 g/mol. The fourth-order valence-corrected chi connectivity index (χ4v) is 3.13. The molecule has 0 aromatic rings. The van der Waals surface area contributed by atoms with Crippen molar-refractivity contribution >= 4 is 6.29 Å². The predicted octanol–water partition coefficient (Wildman–Crippen LogP) is 0.455. The van der Waals surface area contributed by atoms with Crippen LogP contribution in [0.15, 0.2) is 0 Å². The Labute approximate surface area is 114 Å². The molecule has 2 rings (SSSR count). The summed E-state index contributed by atoms with van der Waals surface area (Å²) in [4.78, 5) is 13.5. The van der Waals surface area contributed by atoms with Crippen LogP contribution in [0.25, 0.3) is 0 Å². The highest BCUT2D eigenvalue weighted by molar-refractivity contribution is 5.60. The van der Waals surface area contributed by atoms with E-state index in [2.05, 4.69) is 4.90 Å². The second kappa shape index (κ2) is 6.31. The van der Waals surface area contributed by atoms with Crippen LogP contribution in [0.1, 0.15) is 25.7 Å². The van der Waals surface area contributed by atoms with E-state index in [-0.39, 0.29) is 0 Å². The molecule has 0 aromatic heterocycles. The van der Waals surface area contributed by atoms with Crippen molar-refractivity contribution in [3.05, 3.63) is 0 Å². The van der Waals surface area contributed by atoms with E-state index < -0.39 is 11.0 Å². The Morgan fingerprint density at radius 1 is 1.16 bits per heavy atom. The van der Waals surface area contributed by atoms with E-state index in [1.165, 1.54) is 0 Å². The molecule has 0 bridgehead atoms. The third-order valence-electron chi connectivity index (χ3n) is 4.18. The molecule has 0 spiro atoms. The first-order chi connectivity index (χ1) is 9.08. The first-order valence-corrected chi connectivity index (χ1v) is 7.10. The van der Waals surface area contributed by atoms with Gasteiger partial charge in [-0.25, -0.2) is 0 Å². The lowest BCUT2D eigenvalue weighted by atomic mass is 9.83. The number of nitrogens with zero attached hydrogens (tertiary/aromatic N) is 1. The van der Waals surface area contributed by atoms with E-state index in [0.717, 1.165) is 25.7 Å². The molecule has 2 aliphatic heterocycles. The molecule has 1 atom stereocenters. The number of likely N-dealkylation sites (N-methyl/N-ethyl adjacent to an activating group) is 1. The van der Waals surface area contributed by atoms with Crippen molar-refractivity contribution in [2.75, 3.05) is 46.6 Å². The number of carbonyl (C=O) groups is 1. The van der Waals surface area contributed by atoms with Gasteiger partial charge in [-0.1, -0.05) is 0 Å². The molecule has 110 valence electrons. The summed E-state index contributed by atoms with van der Waals surface area (Å²) in [6.45, 7) is 3.73. The van der Waals surface area contributed by atoms with Crippen LogP contribution < -0.4 is 0 Å². The van der Waals surface area contributed by atoms with Gasteiger partial charge < -0.3 is 24.3 Å². The number of rotatable bonds is 5. The minimum absolute atomic E-state index is 0.394. The van der Waals surface area contributed by atoms with Gasteiger partial charge in [0.25, 0.3) is 0 Å². The summed E-state index contributed by atoms with van der Waals surface area (Å²) < 4.78 is 10.7. The molecule has 0 radical (unpaired) electrons. The molecule has 5 heteroatoms. The molecule has 0 saturated carbocycles. The minimum Gasteiger partial charge on any atom is -0.388 e. The maximum atomic E-state index is 11.4. The largest absolute Gasteiger partial charge is 0.388 e. The molecule has 2 aliphatic rings. The van der Waals surface area contributed by atoms with Crippen molar-refractivity contribution in [2.45, 2.75) is 31.3 Å². The van der Waals surface area contributed by atoms with Gasteiger partial charge in [0, 0.05) is 45.8 Å². The normalized spacial score (nSPS) is 31.3. The van der Waals surface area contributed by atoms with E-state index in [9.17, 15) is 9.90 Å². The summed E-state index contributed by atoms with van der Waals surface area (Å²) in [5, 5.41) is 10.5. The van der Waals surface area contributed by atoms with E-state index >= 15 is 0 Å². The molecular formula is C14H25NO4. The van der Waals surface area contributed by atoms with Crippen LogP contribution >= 0.6 is 0 Å². The summed E-state index contributed by atoms with van der Waals surface area (Å²) >= 11 is 0. The zero-order valence-electron chi connectivity index (χ0n) is 11.8. The van der Waals surface area contributed by atoms with E-state index in [0.29, 0.717) is 45.8 Å². The number of hydrogen-bond acceptors (Lipinski definition) is 5. The van der Waals surface area contributed by atoms with Crippen molar-refractivity contribution in [1.29, 1.82) is 0 Å². The summed E-state index contributed by atoms with van der Waals surface area (Å²) in [7, 11) is 1.97. The average Bonchev–Trinajstić information content (AvgIpc) is 2.39. The highest BCUT2D eigenvalue weighted by Gasteiger charge is 2.37. The monoisotopic (exact) mass is 271 g/mol. The van der Waals surface area contributed by atoms with E-state index in [1.807, 2.05) is 7.05 Å². The maximum Gasteiger partial charge on any atom is 0.129 e. The van der Waals surface area contributed by atoms with Gasteiger partial charge in [0.15, 0.2) is 0 Å². The van der Waals surface area contributed by atoms with Gasteiger partial charge in [-0.15, -0.1) is 0 Å². The topological polar surface area (TPSA) is 59.0 Å². The van der Waals surface area contributed by atoms with E-state index in [1.54, 1.807) is 0 Å². The Morgan fingerprint density at radius 3 is 2.47 bits per heavy atom. The van der Waals surface area contributed by atoms with Crippen LogP contribution in [0.2, 0.25) is 0 Å². The van der Waals surface area contributed by atoms with Crippen LogP contribution in [-0.2, 0) is 14.3 Å². The van der Waals surface area contributed by atoms with Crippen molar-refractivity contribution < 1.29 is 19.4 Å². The number of aldehydes is 1. The zero-order chi connectivity index (χ0) is 13.8. The Hall–Kier alpha value is -0.490. The predicted molar refractivity (Wildman–Crippen MR) is 71.0 cm³/mol. The Morgan fingerprint density at radius 2 is 1.89 bits per heavy atom. The first-order valence-electron chi connectivity index (χ1n) is 7.10. The number of hydrogen-bond donors (Lipinski definition) is 1. The van der Waals surface area contributed by atoms with Gasteiger partial charge in [-0.05, 0) is 19.9 Å². The van der Waals surface area contributed by atoms with Crippen LogP contribution in [0, 0.1) is 5.41 Å². The van der Waals surface area contributed by atoms with Gasteiger partial charge in [0.1, 0.15) is 6.29 Å². The van der Waals surface area contributed by atoms with Crippen molar-refractivity contribution in [3.63, 3.8) is 0 Å². The third kappa shape index (κ3) is 3.99.